The number of nitrogens with zero attached hydrogens (tertiary/aromatic N) is 2. The topological polar surface area (TPSA) is 154 Å². The van der Waals surface area contributed by atoms with Crippen LogP contribution in [0, 0.1) is 0 Å². The molecule has 2 aliphatic rings. The lowest BCUT2D eigenvalue weighted by atomic mass is 9.98. The highest BCUT2D eigenvalue weighted by atomic mass is 32.1. The van der Waals surface area contributed by atoms with Crippen LogP contribution in [0.5, 0.6) is 0 Å². The van der Waals surface area contributed by atoms with Gasteiger partial charge < -0.3 is 25.6 Å². The van der Waals surface area contributed by atoms with Crippen molar-refractivity contribution in [3.05, 3.63) is 22.4 Å². The summed E-state index contributed by atoms with van der Waals surface area (Å²) in [5, 5.41) is 9.00. The van der Waals surface area contributed by atoms with Crippen LogP contribution in [0.25, 0.3) is 0 Å². The second kappa shape index (κ2) is 13.2. The molecule has 1 aromatic rings. The van der Waals surface area contributed by atoms with E-state index in [0.717, 1.165) is 44.1 Å². The van der Waals surface area contributed by atoms with E-state index in [1.165, 1.54) is 22.7 Å². The maximum atomic E-state index is 13.0. The predicted octanol–water partition coefficient (Wildman–Crippen LogP) is 0.686. The van der Waals surface area contributed by atoms with Crippen molar-refractivity contribution >= 4 is 47.0 Å². The molecule has 0 spiro atoms. The van der Waals surface area contributed by atoms with Gasteiger partial charge in [0.2, 0.25) is 11.8 Å². The van der Waals surface area contributed by atoms with Crippen LogP contribution >= 0.6 is 11.3 Å². The predicted molar refractivity (Wildman–Crippen MR) is 133 cm³/mol. The number of unbranched alkanes of at least 4 members (excludes halogenated alkanes) is 5. The highest BCUT2D eigenvalue weighted by molar-refractivity contribution is 7.10. The molecule has 37 heavy (non-hydrogen) atoms. The number of rotatable bonds is 12. The van der Waals surface area contributed by atoms with Gasteiger partial charge >= 0.3 is 23.8 Å². The third-order valence-electron chi connectivity index (χ3n) is 6.36. The number of urea groups is 1. The molecule has 3 rings (SSSR count). The summed E-state index contributed by atoms with van der Waals surface area (Å²) < 4.78 is 4.62. The molecule has 1 aromatic heterocycles. The molecule has 1 unspecified atom stereocenters. The number of ether oxygens (including phenoxy) is 1. The zero-order valence-corrected chi connectivity index (χ0v) is 21.8. The number of thiophene rings is 1. The number of hydrogen-bond donors (Lipinski definition) is 3. The van der Waals surface area contributed by atoms with Crippen molar-refractivity contribution in [1.82, 2.24) is 25.8 Å². The van der Waals surface area contributed by atoms with E-state index in [-0.39, 0.29) is 13.1 Å². The maximum Gasteiger partial charge on any atom is 0.331 e. The van der Waals surface area contributed by atoms with Crippen molar-refractivity contribution in [1.29, 1.82) is 0 Å². The number of β-lactam (4-membered cyclic amide) rings is 1. The summed E-state index contributed by atoms with van der Waals surface area (Å²) in [6.07, 6.45) is 6.30. The zero-order chi connectivity index (χ0) is 26.9. The fourth-order valence-electron chi connectivity index (χ4n) is 4.18. The average Bonchev–Trinajstić information content (AvgIpc) is 3.42. The number of carbonyl (C=O) groups excluding carboxylic acids is 6. The number of imide groups is 1. The van der Waals surface area contributed by atoms with E-state index in [0.29, 0.717) is 11.4 Å². The molecule has 6 amide bonds. The lowest BCUT2D eigenvalue weighted by Crippen LogP contribution is -2.72. The van der Waals surface area contributed by atoms with Crippen LogP contribution in [-0.2, 0) is 28.7 Å². The minimum atomic E-state index is -1.25. The molecule has 0 bridgehead atoms. The summed E-state index contributed by atoms with van der Waals surface area (Å²) in [5.74, 6) is -3.74. The average molecular weight is 536 g/mol. The van der Waals surface area contributed by atoms with Crippen molar-refractivity contribution in [2.45, 2.75) is 63.6 Å². The van der Waals surface area contributed by atoms with Crippen molar-refractivity contribution in [3.63, 3.8) is 0 Å². The quantitative estimate of drug-likeness (QED) is 0.154. The first-order chi connectivity index (χ1) is 17.8. The van der Waals surface area contributed by atoms with Gasteiger partial charge in [0, 0.05) is 24.5 Å². The Morgan fingerprint density at radius 3 is 2.49 bits per heavy atom. The second-order valence-electron chi connectivity index (χ2n) is 8.91. The van der Waals surface area contributed by atoms with E-state index in [2.05, 4.69) is 27.6 Å². The van der Waals surface area contributed by atoms with Crippen LogP contribution in [0.4, 0.5) is 4.79 Å². The van der Waals surface area contributed by atoms with Gasteiger partial charge in [-0.2, -0.15) is 0 Å². The van der Waals surface area contributed by atoms with Gasteiger partial charge in [-0.25, -0.2) is 9.59 Å². The molecule has 0 aliphatic carbocycles. The molecule has 2 fully saturated rings. The van der Waals surface area contributed by atoms with Crippen LogP contribution in [0.1, 0.15) is 56.4 Å². The van der Waals surface area contributed by atoms with E-state index in [1.807, 2.05) is 0 Å². The lowest BCUT2D eigenvalue weighted by Gasteiger charge is -2.36. The van der Waals surface area contributed by atoms with Gasteiger partial charge in [0.1, 0.15) is 12.1 Å². The standard InChI is InChI=1S/C24H33N5O7S/c1-3-4-5-6-7-8-11-28-12-13-29(22(33)21(28)32)24(35)27-16(15-10-9-14-37-15)19(30)25-17-18(23(34)36-2)26-20(17)31/h9-10,14,16-18H,3-8,11-13H2,1-2H3,(H,25,30)(H,26,31)(H,27,35)/t16?,17-,18-/m1/s1. The Bertz CT molecular complexity index is 1020. The molecule has 0 saturated carbocycles. The Balaban J connectivity index is 1.59. The SMILES string of the molecule is CCCCCCCCN1CCN(C(=O)NC(C(=O)N[C@H]2C(=O)N[C@H]2C(=O)OC)c2cccs2)C(=O)C1=O. The molecule has 0 radical (unpaired) electrons. The van der Waals surface area contributed by atoms with Crippen LogP contribution in [0.3, 0.4) is 0 Å². The minimum Gasteiger partial charge on any atom is -0.467 e. The van der Waals surface area contributed by atoms with Gasteiger partial charge in [0.15, 0.2) is 6.04 Å². The zero-order valence-electron chi connectivity index (χ0n) is 21.0. The van der Waals surface area contributed by atoms with Gasteiger partial charge in [-0.3, -0.25) is 24.1 Å². The van der Waals surface area contributed by atoms with E-state index in [1.54, 1.807) is 17.5 Å². The smallest absolute Gasteiger partial charge is 0.331 e. The molecule has 2 saturated heterocycles. The molecule has 2 aliphatic heterocycles. The van der Waals surface area contributed by atoms with Crippen molar-refractivity contribution in [2.75, 3.05) is 26.7 Å². The Morgan fingerprint density at radius 2 is 1.84 bits per heavy atom. The molecule has 12 nitrogen and oxygen atoms in total. The molecule has 13 heteroatoms. The van der Waals surface area contributed by atoms with Crippen LogP contribution in [0.15, 0.2) is 17.5 Å². The Morgan fingerprint density at radius 1 is 1.11 bits per heavy atom. The molecule has 3 heterocycles. The van der Waals surface area contributed by atoms with Gasteiger partial charge in [-0.15, -0.1) is 11.3 Å². The number of methoxy groups -OCH3 is 1. The monoisotopic (exact) mass is 535 g/mol. The van der Waals surface area contributed by atoms with E-state index < -0.39 is 53.8 Å². The fraction of sp³-hybridized carbons (Fsp3) is 0.583. The van der Waals surface area contributed by atoms with E-state index in [4.69, 9.17) is 0 Å². The highest BCUT2D eigenvalue weighted by Crippen LogP contribution is 2.21. The molecule has 202 valence electrons. The lowest BCUT2D eigenvalue weighted by molar-refractivity contribution is -0.154. The third-order valence-corrected chi connectivity index (χ3v) is 7.30. The van der Waals surface area contributed by atoms with Gasteiger partial charge in [0.25, 0.3) is 0 Å². The minimum absolute atomic E-state index is 0.000463. The first kappa shape index (κ1) is 28.1. The van der Waals surface area contributed by atoms with Crippen molar-refractivity contribution in [3.8, 4) is 0 Å². The summed E-state index contributed by atoms with van der Waals surface area (Å²) in [4.78, 5) is 77.7. The van der Waals surface area contributed by atoms with Crippen LogP contribution < -0.4 is 16.0 Å². The van der Waals surface area contributed by atoms with Crippen molar-refractivity contribution < 1.29 is 33.5 Å². The number of amides is 6. The Hall–Kier alpha value is -3.48. The van der Waals surface area contributed by atoms with Crippen molar-refractivity contribution in [2.24, 2.45) is 0 Å². The number of carbonyl (C=O) groups is 6. The van der Waals surface area contributed by atoms with Crippen LogP contribution in [0.2, 0.25) is 0 Å². The Labute approximate surface area is 219 Å². The number of piperazine rings is 1. The Kier molecular flexibility index (Phi) is 10.0. The summed E-state index contributed by atoms with van der Waals surface area (Å²) in [6.45, 7) is 2.81. The maximum absolute atomic E-state index is 13.0. The molecular weight excluding hydrogens is 502 g/mol. The second-order valence-corrected chi connectivity index (χ2v) is 9.89. The molecule has 0 aromatic carbocycles. The third kappa shape index (κ3) is 6.85. The highest BCUT2D eigenvalue weighted by Gasteiger charge is 2.47. The van der Waals surface area contributed by atoms with Gasteiger partial charge in [-0.05, 0) is 17.9 Å². The number of hydrogen-bond acceptors (Lipinski definition) is 8. The summed E-state index contributed by atoms with van der Waals surface area (Å²) >= 11 is 1.18. The number of nitrogens with one attached hydrogen (secondary N) is 3. The van der Waals surface area contributed by atoms with E-state index >= 15 is 0 Å². The first-order valence-electron chi connectivity index (χ1n) is 12.4. The summed E-state index contributed by atoms with van der Waals surface area (Å²) in [6, 6.07) is -1.06. The summed E-state index contributed by atoms with van der Waals surface area (Å²) in [7, 11) is 1.16. The molecule has 3 N–H and O–H groups in total. The van der Waals surface area contributed by atoms with Gasteiger partial charge in [0.05, 0.1) is 7.11 Å². The van der Waals surface area contributed by atoms with Crippen LogP contribution in [-0.4, -0.2) is 84.3 Å². The normalized spacial score (nSPS) is 20.1. The first-order valence-corrected chi connectivity index (χ1v) is 13.3. The molecule has 3 atom stereocenters. The fourth-order valence-corrected chi connectivity index (χ4v) is 4.95. The van der Waals surface area contributed by atoms with Gasteiger partial charge in [-0.1, -0.05) is 45.1 Å². The summed E-state index contributed by atoms with van der Waals surface area (Å²) in [5.41, 5.74) is 0. The largest absolute Gasteiger partial charge is 0.467 e. The van der Waals surface area contributed by atoms with E-state index in [9.17, 15) is 28.8 Å². The number of esters is 1. The molecular formula is C24H33N5O7S.